The Hall–Kier alpha value is -0.610. The number of hydrogen-bond donors (Lipinski definition) is 3. The minimum absolute atomic E-state index is 0.775. The van der Waals surface area contributed by atoms with E-state index in [1.54, 1.807) is 0 Å². The molecule has 0 fully saturated rings. The van der Waals surface area contributed by atoms with Crippen molar-refractivity contribution in [1.82, 2.24) is 0 Å². The molecule has 0 bridgehead atoms. The van der Waals surface area contributed by atoms with Crippen LogP contribution in [0.5, 0.6) is 0 Å². The van der Waals surface area contributed by atoms with E-state index in [4.69, 9.17) is 21.4 Å². The summed E-state index contributed by atoms with van der Waals surface area (Å²) < 4.78 is 0. The van der Waals surface area contributed by atoms with Gasteiger partial charge in [-0.25, -0.2) is 0 Å². The van der Waals surface area contributed by atoms with Gasteiger partial charge in [0.05, 0.1) is 0 Å². The Bertz CT molecular complexity index is 68.1. The van der Waals surface area contributed by atoms with Crippen molar-refractivity contribution in [2.45, 2.75) is 19.8 Å². The van der Waals surface area contributed by atoms with Crippen LogP contribution in [0.3, 0.4) is 0 Å². The summed E-state index contributed by atoms with van der Waals surface area (Å²) in [6.45, 7) is 2.63. The highest BCUT2D eigenvalue weighted by Crippen LogP contribution is 1.77. The number of unbranched alkanes of at least 4 members (excludes halogenated alkanes) is 1. The van der Waals surface area contributed by atoms with Gasteiger partial charge < -0.3 is 16.6 Å². The zero-order valence-electron chi connectivity index (χ0n) is 6.34. The molecule has 10 heavy (non-hydrogen) atoms. The van der Waals surface area contributed by atoms with Gasteiger partial charge in [-0.2, -0.15) is 0 Å². The van der Waals surface area contributed by atoms with E-state index in [0.29, 0.717) is 0 Å². The zero-order valence-corrected chi connectivity index (χ0v) is 6.34. The van der Waals surface area contributed by atoms with Crippen LogP contribution in [-0.4, -0.2) is 24.2 Å². The predicted molar refractivity (Wildman–Crippen MR) is 40.7 cm³/mol. The van der Waals surface area contributed by atoms with Crippen LogP contribution in [0, 0.1) is 0 Å². The highest BCUT2D eigenvalue weighted by atomic mass is 16.4. The van der Waals surface area contributed by atoms with Crippen molar-refractivity contribution in [3.8, 4) is 0 Å². The van der Waals surface area contributed by atoms with Crippen molar-refractivity contribution in [3.63, 3.8) is 0 Å². The van der Waals surface area contributed by atoms with Gasteiger partial charge in [-0.05, 0) is 25.9 Å². The molecular formula is C6H16N2O2. The van der Waals surface area contributed by atoms with E-state index >= 15 is 0 Å². The number of carboxylic acid groups (broad SMARTS) is 1. The summed E-state index contributed by atoms with van der Waals surface area (Å²) in [4.78, 5) is 9.00. The van der Waals surface area contributed by atoms with Crippen LogP contribution in [0.4, 0.5) is 0 Å². The Morgan fingerprint density at radius 3 is 1.60 bits per heavy atom. The SMILES string of the molecule is CC(=O)O.NCCCCN. The van der Waals surface area contributed by atoms with Gasteiger partial charge in [0.25, 0.3) is 5.97 Å². The van der Waals surface area contributed by atoms with Gasteiger partial charge in [-0.3, -0.25) is 4.79 Å². The summed E-state index contributed by atoms with van der Waals surface area (Å²) in [6.07, 6.45) is 2.13. The van der Waals surface area contributed by atoms with Gasteiger partial charge in [0.15, 0.2) is 0 Å². The number of rotatable bonds is 3. The standard InChI is InChI=1S/C4H12N2.C2H4O2/c5-3-1-2-4-6;1-2(3)4/h1-6H2;1H3,(H,3,4). The van der Waals surface area contributed by atoms with Gasteiger partial charge in [-0.1, -0.05) is 0 Å². The van der Waals surface area contributed by atoms with Crippen molar-refractivity contribution in [3.05, 3.63) is 0 Å². The maximum Gasteiger partial charge on any atom is 0.300 e. The molecule has 4 heteroatoms. The molecule has 0 radical (unpaired) electrons. The molecule has 0 saturated carbocycles. The molecule has 0 amide bonds. The number of carboxylic acids is 1. The Balaban J connectivity index is 0. The van der Waals surface area contributed by atoms with Crippen LogP contribution in [0.15, 0.2) is 0 Å². The first-order valence-corrected chi connectivity index (χ1v) is 3.24. The first-order valence-electron chi connectivity index (χ1n) is 3.24. The van der Waals surface area contributed by atoms with E-state index in [2.05, 4.69) is 0 Å². The van der Waals surface area contributed by atoms with Crippen LogP contribution in [-0.2, 0) is 4.79 Å². The number of aliphatic carboxylic acids is 1. The highest BCUT2D eigenvalue weighted by Gasteiger charge is 1.75. The van der Waals surface area contributed by atoms with Gasteiger partial charge >= 0.3 is 0 Å². The summed E-state index contributed by atoms with van der Waals surface area (Å²) in [5.74, 6) is -0.833. The van der Waals surface area contributed by atoms with Crippen LogP contribution < -0.4 is 11.5 Å². The maximum absolute atomic E-state index is 9.00. The smallest absolute Gasteiger partial charge is 0.300 e. The van der Waals surface area contributed by atoms with Gasteiger partial charge in [0, 0.05) is 6.92 Å². The third-order valence-electron chi connectivity index (χ3n) is 0.658. The Labute approximate surface area is 61.2 Å². The molecule has 0 aromatic rings. The quantitative estimate of drug-likeness (QED) is 0.482. The van der Waals surface area contributed by atoms with Gasteiger partial charge in [0.1, 0.15) is 0 Å². The van der Waals surface area contributed by atoms with E-state index < -0.39 is 5.97 Å². The summed E-state index contributed by atoms with van der Waals surface area (Å²) in [5.41, 5.74) is 10.3. The highest BCUT2D eigenvalue weighted by molar-refractivity contribution is 5.62. The number of nitrogens with two attached hydrogens (primary N) is 2. The van der Waals surface area contributed by atoms with Crippen LogP contribution >= 0.6 is 0 Å². The molecule has 0 unspecified atom stereocenters. The molecule has 0 aromatic carbocycles. The minimum atomic E-state index is -0.833. The monoisotopic (exact) mass is 148 g/mol. The van der Waals surface area contributed by atoms with Crippen LogP contribution in [0.1, 0.15) is 19.8 Å². The zero-order chi connectivity index (χ0) is 8.41. The molecule has 0 spiro atoms. The predicted octanol–water partition coefficient (Wildman–Crippen LogP) is -0.225. The van der Waals surface area contributed by atoms with E-state index in [0.717, 1.165) is 32.9 Å². The molecule has 0 heterocycles. The van der Waals surface area contributed by atoms with Crippen molar-refractivity contribution in [1.29, 1.82) is 0 Å². The average Bonchev–Trinajstić information content (AvgIpc) is 1.82. The van der Waals surface area contributed by atoms with Crippen molar-refractivity contribution in [2.75, 3.05) is 13.1 Å². The second-order valence-corrected chi connectivity index (χ2v) is 1.80. The summed E-state index contributed by atoms with van der Waals surface area (Å²) in [6, 6.07) is 0. The van der Waals surface area contributed by atoms with Gasteiger partial charge in [0.2, 0.25) is 0 Å². The molecule has 62 valence electrons. The van der Waals surface area contributed by atoms with Crippen molar-refractivity contribution >= 4 is 5.97 Å². The molecule has 0 rings (SSSR count). The number of carbonyl (C=O) groups is 1. The van der Waals surface area contributed by atoms with E-state index in [1.807, 2.05) is 0 Å². The summed E-state index contributed by atoms with van der Waals surface area (Å²) in [5, 5.41) is 7.42. The van der Waals surface area contributed by atoms with E-state index in [-0.39, 0.29) is 0 Å². The third-order valence-corrected chi connectivity index (χ3v) is 0.658. The molecule has 0 aliphatic carbocycles. The second-order valence-electron chi connectivity index (χ2n) is 1.80. The maximum atomic E-state index is 9.00. The lowest BCUT2D eigenvalue weighted by atomic mass is 10.3. The lowest BCUT2D eigenvalue weighted by Gasteiger charge is -1.87. The fourth-order valence-corrected chi connectivity index (χ4v) is 0.289. The van der Waals surface area contributed by atoms with Crippen LogP contribution in [0.2, 0.25) is 0 Å². The second kappa shape index (κ2) is 11.2. The van der Waals surface area contributed by atoms with Crippen LogP contribution in [0.25, 0.3) is 0 Å². The molecule has 0 aliphatic rings. The Morgan fingerprint density at radius 1 is 1.30 bits per heavy atom. The largest absolute Gasteiger partial charge is 0.481 e. The lowest BCUT2D eigenvalue weighted by molar-refractivity contribution is -0.134. The van der Waals surface area contributed by atoms with Crippen molar-refractivity contribution in [2.24, 2.45) is 11.5 Å². The molecule has 5 N–H and O–H groups in total. The summed E-state index contributed by atoms with van der Waals surface area (Å²) >= 11 is 0. The van der Waals surface area contributed by atoms with E-state index in [1.165, 1.54) is 0 Å². The summed E-state index contributed by atoms with van der Waals surface area (Å²) in [7, 11) is 0. The van der Waals surface area contributed by atoms with E-state index in [9.17, 15) is 0 Å². The molecule has 4 nitrogen and oxygen atoms in total. The molecule has 0 aromatic heterocycles. The fourth-order valence-electron chi connectivity index (χ4n) is 0.289. The normalized spacial score (nSPS) is 7.90. The third kappa shape index (κ3) is 52.8. The van der Waals surface area contributed by atoms with Crippen molar-refractivity contribution < 1.29 is 9.90 Å². The molecule has 0 aliphatic heterocycles. The fraction of sp³-hybridized carbons (Fsp3) is 0.833. The molecule has 0 atom stereocenters. The molecular weight excluding hydrogens is 132 g/mol. The first kappa shape index (κ1) is 12.1. The Morgan fingerprint density at radius 2 is 1.50 bits per heavy atom. The topological polar surface area (TPSA) is 89.3 Å². The lowest BCUT2D eigenvalue weighted by Crippen LogP contribution is -2.03. The molecule has 0 saturated heterocycles. The Kier molecular flexibility index (Phi) is 13.6. The number of hydrogen-bond acceptors (Lipinski definition) is 3. The first-order chi connectivity index (χ1) is 4.65. The minimum Gasteiger partial charge on any atom is -0.481 e. The average molecular weight is 148 g/mol. The van der Waals surface area contributed by atoms with Gasteiger partial charge in [-0.15, -0.1) is 0 Å².